The van der Waals surface area contributed by atoms with Gasteiger partial charge in [-0.2, -0.15) is 0 Å². The lowest BCUT2D eigenvalue weighted by molar-refractivity contribution is 0.0256. The molecule has 0 aromatic carbocycles. The van der Waals surface area contributed by atoms with Gasteiger partial charge in [0.25, 0.3) is 0 Å². The Kier molecular flexibility index (Phi) is 5.94. The van der Waals surface area contributed by atoms with E-state index < -0.39 is 15.4 Å². The molecule has 1 N–H and O–H groups in total. The van der Waals surface area contributed by atoms with Crippen molar-refractivity contribution in [2.24, 2.45) is 0 Å². The first kappa shape index (κ1) is 18.5. The molecule has 2 fully saturated rings. The fourth-order valence-corrected chi connectivity index (χ4v) is 4.91. The maximum Gasteiger partial charge on any atom is 0.410 e. The number of hydrogen-bond acceptors (Lipinski definition) is 5. The molecule has 0 spiro atoms. The second kappa shape index (κ2) is 7.38. The lowest BCUT2D eigenvalue weighted by Gasteiger charge is -2.28. The zero-order valence-electron chi connectivity index (χ0n) is 14.5. The zero-order chi connectivity index (χ0) is 17.1. The zero-order valence-corrected chi connectivity index (χ0v) is 15.3. The number of likely N-dealkylation sites (tertiary alicyclic amines) is 1. The fraction of sp³-hybridized carbons (Fsp3) is 0.938. The summed E-state index contributed by atoms with van der Waals surface area (Å²) in [7, 11) is -2.88. The molecule has 0 aromatic rings. The van der Waals surface area contributed by atoms with Gasteiger partial charge in [-0.15, -0.1) is 0 Å². The molecule has 0 aromatic heterocycles. The van der Waals surface area contributed by atoms with E-state index in [4.69, 9.17) is 4.74 Å². The lowest BCUT2D eigenvalue weighted by atomic mass is 10.1. The second-order valence-electron chi connectivity index (χ2n) is 7.72. The third-order valence-corrected chi connectivity index (χ3v) is 6.14. The molecule has 2 aliphatic rings. The van der Waals surface area contributed by atoms with Crippen LogP contribution >= 0.6 is 0 Å². The Morgan fingerprint density at radius 2 is 1.78 bits per heavy atom. The monoisotopic (exact) mass is 346 g/mol. The maximum atomic E-state index is 12.2. The number of nitrogens with zero attached hydrogens (tertiary/aromatic N) is 1. The van der Waals surface area contributed by atoms with Gasteiger partial charge in [0.15, 0.2) is 9.84 Å². The van der Waals surface area contributed by atoms with Crippen LogP contribution in [0.3, 0.4) is 0 Å². The molecule has 23 heavy (non-hydrogen) atoms. The highest BCUT2D eigenvalue weighted by Gasteiger charge is 2.29. The number of amides is 1. The van der Waals surface area contributed by atoms with Crippen LogP contribution < -0.4 is 5.32 Å². The van der Waals surface area contributed by atoms with Gasteiger partial charge in [0.2, 0.25) is 0 Å². The molecular weight excluding hydrogens is 316 g/mol. The molecule has 0 aliphatic carbocycles. The Morgan fingerprint density at radius 3 is 2.43 bits per heavy atom. The van der Waals surface area contributed by atoms with Crippen LogP contribution in [-0.4, -0.2) is 61.7 Å². The van der Waals surface area contributed by atoms with E-state index in [1.807, 2.05) is 20.8 Å². The van der Waals surface area contributed by atoms with E-state index >= 15 is 0 Å². The average molecular weight is 346 g/mol. The summed E-state index contributed by atoms with van der Waals surface area (Å²) in [6.45, 7) is 6.98. The average Bonchev–Trinajstić information content (AvgIpc) is 2.61. The van der Waals surface area contributed by atoms with Crippen LogP contribution in [0.15, 0.2) is 0 Å². The van der Waals surface area contributed by atoms with Crippen LogP contribution in [0, 0.1) is 0 Å². The van der Waals surface area contributed by atoms with E-state index in [0.29, 0.717) is 18.8 Å². The molecule has 2 saturated heterocycles. The van der Waals surface area contributed by atoms with E-state index in [-0.39, 0.29) is 23.9 Å². The predicted molar refractivity (Wildman–Crippen MR) is 90.3 cm³/mol. The van der Waals surface area contributed by atoms with Crippen molar-refractivity contribution >= 4 is 15.9 Å². The van der Waals surface area contributed by atoms with Gasteiger partial charge < -0.3 is 15.0 Å². The first-order valence-electron chi connectivity index (χ1n) is 8.59. The molecule has 2 rings (SSSR count). The van der Waals surface area contributed by atoms with Gasteiger partial charge in [-0.05, 0) is 52.9 Å². The van der Waals surface area contributed by atoms with Crippen molar-refractivity contribution in [1.29, 1.82) is 0 Å². The molecule has 2 aliphatic heterocycles. The maximum absolute atomic E-state index is 12.2. The second-order valence-corrected chi connectivity index (χ2v) is 9.94. The van der Waals surface area contributed by atoms with Crippen LogP contribution in [0.2, 0.25) is 0 Å². The SMILES string of the molecule is CC(C)(C)OC(=O)N1CCCC(NC2CCCS(=O)(=O)C2)CC1. The highest BCUT2D eigenvalue weighted by atomic mass is 32.2. The van der Waals surface area contributed by atoms with E-state index in [1.54, 1.807) is 4.90 Å². The number of carbonyl (C=O) groups is 1. The first-order valence-corrected chi connectivity index (χ1v) is 10.4. The summed E-state index contributed by atoms with van der Waals surface area (Å²) in [6, 6.07) is 0.340. The van der Waals surface area contributed by atoms with Gasteiger partial charge in [-0.3, -0.25) is 0 Å². The minimum absolute atomic E-state index is 0.0619. The number of carbonyl (C=O) groups excluding carboxylic acids is 1. The van der Waals surface area contributed by atoms with Gasteiger partial charge in [-0.1, -0.05) is 0 Å². The van der Waals surface area contributed by atoms with Gasteiger partial charge in [-0.25, -0.2) is 13.2 Å². The predicted octanol–water partition coefficient (Wildman–Crippen LogP) is 1.94. The highest BCUT2D eigenvalue weighted by Crippen LogP contribution is 2.18. The molecule has 6 nitrogen and oxygen atoms in total. The Bertz CT molecular complexity index is 513. The molecule has 0 saturated carbocycles. The first-order chi connectivity index (χ1) is 10.6. The quantitative estimate of drug-likeness (QED) is 0.827. The highest BCUT2D eigenvalue weighted by molar-refractivity contribution is 7.91. The Balaban J connectivity index is 1.83. The van der Waals surface area contributed by atoms with Crippen LogP contribution in [0.4, 0.5) is 4.79 Å². The summed E-state index contributed by atoms with van der Waals surface area (Å²) < 4.78 is 28.9. The summed E-state index contributed by atoms with van der Waals surface area (Å²) >= 11 is 0. The molecule has 7 heteroatoms. The van der Waals surface area contributed by atoms with E-state index in [9.17, 15) is 13.2 Å². The van der Waals surface area contributed by atoms with Crippen molar-refractivity contribution in [3.05, 3.63) is 0 Å². The van der Waals surface area contributed by atoms with Crippen LogP contribution in [0.25, 0.3) is 0 Å². The van der Waals surface area contributed by atoms with Gasteiger partial charge >= 0.3 is 6.09 Å². The Labute approximate surface area is 139 Å². The molecule has 134 valence electrons. The lowest BCUT2D eigenvalue weighted by Crippen LogP contribution is -2.45. The summed E-state index contributed by atoms with van der Waals surface area (Å²) in [6.07, 6.45) is 4.14. The molecule has 0 bridgehead atoms. The molecule has 2 atom stereocenters. The summed E-state index contributed by atoms with van der Waals surface area (Å²) in [4.78, 5) is 13.9. The van der Waals surface area contributed by atoms with Crippen molar-refractivity contribution in [2.75, 3.05) is 24.6 Å². The van der Waals surface area contributed by atoms with E-state index in [1.165, 1.54) is 0 Å². The summed E-state index contributed by atoms with van der Waals surface area (Å²) in [5, 5.41) is 3.50. The number of rotatable bonds is 2. The molecular formula is C16H30N2O4S. The van der Waals surface area contributed by atoms with Crippen molar-refractivity contribution in [1.82, 2.24) is 10.2 Å². The van der Waals surface area contributed by atoms with Crippen molar-refractivity contribution < 1.29 is 17.9 Å². The summed E-state index contributed by atoms with van der Waals surface area (Å²) in [5.74, 6) is 0.571. The van der Waals surface area contributed by atoms with E-state index in [0.717, 1.165) is 32.1 Å². The smallest absolute Gasteiger partial charge is 0.410 e. The minimum atomic E-state index is -2.88. The standard InChI is InChI=1S/C16H30N2O4S/c1-16(2,3)22-15(19)18-9-4-6-13(8-10-18)17-14-7-5-11-23(20,21)12-14/h13-14,17H,4-12H2,1-3H3. The number of ether oxygens (including phenoxy) is 1. The van der Waals surface area contributed by atoms with Crippen molar-refractivity contribution in [3.63, 3.8) is 0 Å². The number of sulfone groups is 1. The normalized spacial score (nSPS) is 28.9. The number of nitrogens with one attached hydrogen (secondary N) is 1. The molecule has 2 heterocycles. The van der Waals surface area contributed by atoms with Crippen LogP contribution in [0.5, 0.6) is 0 Å². The third kappa shape index (κ3) is 6.30. The minimum Gasteiger partial charge on any atom is -0.444 e. The van der Waals surface area contributed by atoms with Gasteiger partial charge in [0, 0.05) is 25.2 Å². The van der Waals surface area contributed by atoms with Crippen molar-refractivity contribution in [3.8, 4) is 0 Å². The molecule has 1 amide bonds. The topological polar surface area (TPSA) is 75.7 Å². The van der Waals surface area contributed by atoms with E-state index in [2.05, 4.69) is 5.32 Å². The third-order valence-electron chi connectivity index (χ3n) is 4.31. The van der Waals surface area contributed by atoms with Crippen LogP contribution in [0.1, 0.15) is 52.9 Å². The molecule has 2 unspecified atom stereocenters. The van der Waals surface area contributed by atoms with Crippen molar-refractivity contribution in [2.45, 2.75) is 70.6 Å². The molecule has 0 radical (unpaired) electrons. The van der Waals surface area contributed by atoms with Gasteiger partial charge in [0.05, 0.1) is 11.5 Å². The largest absolute Gasteiger partial charge is 0.444 e. The number of hydrogen-bond donors (Lipinski definition) is 1. The Hall–Kier alpha value is -0.820. The fourth-order valence-electron chi connectivity index (χ4n) is 3.26. The summed E-state index contributed by atoms with van der Waals surface area (Å²) in [5.41, 5.74) is -0.475. The Morgan fingerprint density at radius 1 is 1.09 bits per heavy atom. The van der Waals surface area contributed by atoms with Gasteiger partial charge in [0.1, 0.15) is 5.60 Å². The van der Waals surface area contributed by atoms with Crippen LogP contribution in [-0.2, 0) is 14.6 Å².